The number of fused-ring (bicyclic) bond motifs is 1. The highest BCUT2D eigenvalue weighted by molar-refractivity contribution is 6.33. The standard InChI is InChI=1S/C19H22ClN5.C13H16N2O2/c1-21-12-5-4-6-13(9-12)24-19-23-11-16(20)18(25-19)15-10-22-17-8-3-2-7-14(15)17;1-15(2)9-3-4-13(17)14-12-7-5-11(10-16)6-8-12/h2-3,7-8,10-13,21-22H,4-6,9H2,1H3,(H,23,24,25);3-8,10H,9H2,1-2H3,(H,14,17)/b;4-3+. The molecule has 1 aliphatic rings. The van der Waals surface area contributed by atoms with Crippen molar-refractivity contribution in [2.45, 2.75) is 37.8 Å². The smallest absolute Gasteiger partial charge is 0.248 e. The SMILES string of the molecule is CN(C)C/C=C/C(=O)Nc1ccc(C=O)cc1.CNC1CCCC(Nc2ncc(Cl)c(-c3c[nH]c4ccccc34)n2)C1. The van der Waals surface area contributed by atoms with E-state index in [-0.39, 0.29) is 5.91 Å². The van der Waals surface area contributed by atoms with Crippen molar-refractivity contribution in [1.82, 2.24) is 25.2 Å². The van der Waals surface area contributed by atoms with E-state index in [1.54, 1.807) is 36.5 Å². The predicted molar refractivity (Wildman–Crippen MR) is 171 cm³/mol. The highest BCUT2D eigenvalue weighted by Gasteiger charge is 2.22. The van der Waals surface area contributed by atoms with Gasteiger partial charge in [-0.15, -0.1) is 0 Å². The van der Waals surface area contributed by atoms with Crippen LogP contribution in [0.4, 0.5) is 11.6 Å². The molecule has 220 valence electrons. The van der Waals surface area contributed by atoms with Crippen molar-refractivity contribution in [3.05, 3.63) is 83.7 Å². The van der Waals surface area contributed by atoms with Gasteiger partial charge in [0, 0.05) is 58.6 Å². The minimum absolute atomic E-state index is 0.175. The Balaban J connectivity index is 0.000000209. The molecule has 0 spiro atoms. The van der Waals surface area contributed by atoms with Gasteiger partial charge in [0.05, 0.1) is 16.9 Å². The van der Waals surface area contributed by atoms with Crippen LogP contribution in [0.5, 0.6) is 0 Å². The lowest BCUT2D eigenvalue weighted by molar-refractivity contribution is -0.111. The third-order valence-corrected chi connectivity index (χ3v) is 7.33. The van der Waals surface area contributed by atoms with Gasteiger partial charge in [0.15, 0.2) is 0 Å². The normalized spacial score (nSPS) is 16.7. The van der Waals surface area contributed by atoms with E-state index >= 15 is 0 Å². The molecule has 0 aliphatic heterocycles. The molecule has 2 aromatic carbocycles. The van der Waals surface area contributed by atoms with E-state index in [4.69, 9.17) is 16.6 Å². The summed E-state index contributed by atoms with van der Waals surface area (Å²) in [4.78, 5) is 36.3. The molecule has 0 radical (unpaired) electrons. The summed E-state index contributed by atoms with van der Waals surface area (Å²) in [5.41, 5.74) is 4.10. The third-order valence-electron chi connectivity index (χ3n) is 7.06. The van der Waals surface area contributed by atoms with E-state index in [1.165, 1.54) is 18.9 Å². The largest absolute Gasteiger partial charge is 0.360 e. The Morgan fingerprint density at radius 3 is 2.62 bits per heavy atom. The van der Waals surface area contributed by atoms with E-state index in [1.807, 2.05) is 50.4 Å². The number of para-hydroxylation sites is 1. The molecule has 1 saturated carbocycles. The van der Waals surface area contributed by atoms with Crippen molar-refractivity contribution in [1.29, 1.82) is 0 Å². The second kappa shape index (κ2) is 15.3. The van der Waals surface area contributed by atoms with Gasteiger partial charge in [-0.25, -0.2) is 9.97 Å². The van der Waals surface area contributed by atoms with Gasteiger partial charge >= 0.3 is 0 Å². The maximum absolute atomic E-state index is 11.5. The molecule has 9 nitrogen and oxygen atoms in total. The zero-order valence-corrected chi connectivity index (χ0v) is 25.0. The van der Waals surface area contributed by atoms with Crippen molar-refractivity contribution in [3.63, 3.8) is 0 Å². The molecule has 0 saturated heterocycles. The Bertz CT molecular complexity index is 1500. The van der Waals surface area contributed by atoms with E-state index in [2.05, 4.69) is 32.0 Å². The zero-order valence-electron chi connectivity index (χ0n) is 24.2. The van der Waals surface area contributed by atoms with Gasteiger partial charge in [0.25, 0.3) is 0 Å². The summed E-state index contributed by atoms with van der Waals surface area (Å²) in [6.07, 6.45) is 12.4. The number of aromatic nitrogens is 3. The van der Waals surface area contributed by atoms with E-state index in [9.17, 15) is 9.59 Å². The van der Waals surface area contributed by atoms with Gasteiger partial charge in [0.2, 0.25) is 11.9 Å². The first kappa shape index (κ1) is 30.9. The molecular formula is C32H38ClN7O2. The summed E-state index contributed by atoms with van der Waals surface area (Å²) in [5.74, 6) is 0.470. The topological polar surface area (TPSA) is 115 Å². The van der Waals surface area contributed by atoms with Crippen LogP contribution in [0.3, 0.4) is 0 Å². The number of likely N-dealkylation sites (N-methyl/N-ethyl adjacent to an activating group) is 1. The molecule has 4 aromatic rings. The Morgan fingerprint density at radius 1 is 1.12 bits per heavy atom. The van der Waals surface area contributed by atoms with E-state index in [0.717, 1.165) is 47.8 Å². The maximum atomic E-state index is 11.5. The quantitative estimate of drug-likeness (QED) is 0.145. The van der Waals surface area contributed by atoms with Gasteiger partial charge in [-0.2, -0.15) is 0 Å². The fourth-order valence-corrected chi connectivity index (χ4v) is 5.05. The van der Waals surface area contributed by atoms with Gasteiger partial charge in [-0.3, -0.25) is 9.59 Å². The number of hydrogen-bond acceptors (Lipinski definition) is 7. The minimum Gasteiger partial charge on any atom is -0.360 e. The van der Waals surface area contributed by atoms with Crippen molar-refractivity contribution >= 4 is 46.3 Å². The van der Waals surface area contributed by atoms with Crippen LogP contribution in [-0.4, -0.2) is 71.8 Å². The van der Waals surface area contributed by atoms with Crippen LogP contribution in [0, 0.1) is 0 Å². The molecule has 2 atom stereocenters. The summed E-state index contributed by atoms with van der Waals surface area (Å²) in [7, 11) is 5.89. The van der Waals surface area contributed by atoms with Crippen molar-refractivity contribution in [2.75, 3.05) is 38.3 Å². The Kier molecular flexibility index (Phi) is 11.2. The molecule has 1 aliphatic carbocycles. The second-order valence-corrected chi connectivity index (χ2v) is 10.9. The average Bonchev–Trinajstić information content (AvgIpc) is 3.43. The fourth-order valence-electron chi connectivity index (χ4n) is 4.86. The number of nitrogens with zero attached hydrogens (tertiary/aromatic N) is 3. The van der Waals surface area contributed by atoms with Crippen molar-refractivity contribution < 1.29 is 9.59 Å². The third kappa shape index (κ3) is 8.72. The number of H-pyrrole nitrogens is 1. The zero-order chi connectivity index (χ0) is 29.9. The maximum Gasteiger partial charge on any atom is 0.248 e. The van der Waals surface area contributed by atoms with E-state index in [0.29, 0.717) is 34.3 Å². The first-order chi connectivity index (χ1) is 20.4. The van der Waals surface area contributed by atoms with Crippen LogP contribution in [0.25, 0.3) is 22.2 Å². The van der Waals surface area contributed by atoms with Crippen LogP contribution >= 0.6 is 11.6 Å². The highest BCUT2D eigenvalue weighted by atomic mass is 35.5. The number of carbonyl (C=O) groups is 2. The summed E-state index contributed by atoms with van der Waals surface area (Å²) < 4.78 is 0. The number of hydrogen-bond donors (Lipinski definition) is 4. The van der Waals surface area contributed by atoms with Crippen LogP contribution in [0.2, 0.25) is 5.02 Å². The van der Waals surface area contributed by atoms with Gasteiger partial charge in [-0.05, 0) is 77.2 Å². The molecular weight excluding hydrogens is 550 g/mol. The molecule has 1 amide bonds. The van der Waals surface area contributed by atoms with Crippen LogP contribution in [0.1, 0.15) is 36.0 Å². The molecule has 1 fully saturated rings. The Hall–Kier alpha value is -4.05. The summed E-state index contributed by atoms with van der Waals surface area (Å²) in [6, 6.07) is 15.8. The number of amides is 1. The summed E-state index contributed by atoms with van der Waals surface area (Å²) >= 11 is 6.40. The number of aldehydes is 1. The lowest BCUT2D eigenvalue weighted by atomic mass is 9.91. The van der Waals surface area contributed by atoms with Crippen LogP contribution in [0.15, 0.2) is 73.1 Å². The highest BCUT2D eigenvalue weighted by Crippen LogP contribution is 2.32. The number of rotatable bonds is 9. The van der Waals surface area contributed by atoms with Crippen molar-refractivity contribution in [3.8, 4) is 11.3 Å². The van der Waals surface area contributed by atoms with Gasteiger partial charge < -0.3 is 25.8 Å². The molecule has 0 bridgehead atoms. The average molecular weight is 588 g/mol. The number of carbonyl (C=O) groups excluding carboxylic acids is 2. The fraction of sp³-hybridized carbons (Fsp3) is 0.312. The number of halogens is 1. The number of aromatic amines is 1. The molecule has 2 heterocycles. The second-order valence-electron chi connectivity index (χ2n) is 10.5. The number of anilines is 2. The molecule has 2 aromatic heterocycles. The van der Waals surface area contributed by atoms with Crippen LogP contribution < -0.4 is 16.0 Å². The molecule has 5 rings (SSSR count). The lowest BCUT2D eigenvalue weighted by Gasteiger charge is -2.29. The minimum atomic E-state index is -0.175. The molecule has 4 N–H and O–H groups in total. The van der Waals surface area contributed by atoms with Gasteiger partial charge in [-0.1, -0.05) is 35.9 Å². The molecule has 2 unspecified atom stereocenters. The van der Waals surface area contributed by atoms with Gasteiger partial charge in [0.1, 0.15) is 6.29 Å². The van der Waals surface area contributed by atoms with Crippen molar-refractivity contribution in [2.24, 2.45) is 0 Å². The first-order valence-electron chi connectivity index (χ1n) is 14.1. The number of benzene rings is 2. The summed E-state index contributed by atoms with van der Waals surface area (Å²) in [6.45, 7) is 0.720. The van der Waals surface area contributed by atoms with E-state index < -0.39 is 0 Å². The summed E-state index contributed by atoms with van der Waals surface area (Å²) in [5, 5.41) is 11.3. The monoisotopic (exact) mass is 587 g/mol. The first-order valence-corrected chi connectivity index (χ1v) is 14.4. The molecule has 42 heavy (non-hydrogen) atoms. The Morgan fingerprint density at radius 2 is 1.88 bits per heavy atom. The number of nitrogens with one attached hydrogen (secondary N) is 4. The Labute approximate surface area is 251 Å². The predicted octanol–water partition coefficient (Wildman–Crippen LogP) is 5.78. The lowest BCUT2D eigenvalue weighted by Crippen LogP contribution is -2.37. The molecule has 10 heteroatoms. The van der Waals surface area contributed by atoms with Crippen LogP contribution in [-0.2, 0) is 4.79 Å².